The van der Waals surface area contributed by atoms with Gasteiger partial charge < -0.3 is 4.74 Å². The normalized spacial score (nSPS) is 11.1. The van der Waals surface area contributed by atoms with Gasteiger partial charge in [-0.1, -0.05) is 11.6 Å². The molecule has 0 amide bonds. The second-order valence-electron chi connectivity index (χ2n) is 6.34. The van der Waals surface area contributed by atoms with Gasteiger partial charge in [-0.15, -0.1) is 0 Å². The highest BCUT2D eigenvalue weighted by Crippen LogP contribution is 2.16. The summed E-state index contributed by atoms with van der Waals surface area (Å²) >= 11 is 5.89. The summed E-state index contributed by atoms with van der Waals surface area (Å²) in [4.78, 5) is 37.8. The molecule has 140 valence electrons. The van der Waals surface area contributed by atoms with Crippen molar-refractivity contribution in [1.29, 1.82) is 0 Å². The molecule has 0 aliphatic heterocycles. The number of esters is 1. The molecular weight excluding hydrogens is 380 g/mol. The molecule has 0 spiro atoms. The fraction of sp³-hybridized carbons (Fsp3) is 0.150. The van der Waals surface area contributed by atoms with Gasteiger partial charge in [0.25, 0.3) is 5.56 Å². The van der Waals surface area contributed by atoms with Gasteiger partial charge in [0.2, 0.25) is 0 Å². The van der Waals surface area contributed by atoms with Crippen molar-refractivity contribution in [2.24, 2.45) is 0 Å². The number of hydrogen-bond donors (Lipinski definition) is 0. The molecule has 0 atom stereocenters. The van der Waals surface area contributed by atoms with Gasteiger partial charge in [-0.05, 0) is 44.2 Å². The molecule has 0 unspecified atom stereocenters. The van der Waals surface area contributed by atoms with Crippen LogP contribution in [0.15, 0.2) is 47.4 Å². The third-order valence-corrected chi connectivity index (χ3v) is 4.56. The van der Waals surface area contributed by atoms with Gasteiger partial charge >= 0.3 is 5.97 Å². The number of halogens is 1. The fourth-order valence-electron chi connectivity index (χ4n) is 2.78. The minimum atomic E-state index is -0.528. The first kappa shape index (κ1) is 18.1. The van der Waals surface area contributed by atoms with Crippen LogP contribution in [0.5, 0.6) is 0 Å². The summed E-state index contributed by atoms with van der Waals surface area (Å²) in [5, 5.41) is 0.431. The number of nitrogens with zero attached hydrogens (tertiary/aromatic N) is 4. The molecule has 8 heteroatoms. The number of fused-ring (bicyclic) bond motifs is 2. The zero-order valence-electron chi connectivity index (χ0n) is 15.1. The SMILES string of the molecule is Cc1nc2ccc(C(=O)OCc3cc(=O)n4cc(Cl)ccc4n3)cc2nc1C. The van der Waals surface area contributed by atoms with Gasteiger partial charge in [-0.2, -0.15) is 0 Å². The molecule has 7 nitrogen and oxygen atoms in total. The van der Waals surface area contributed by atoms with Crippen molar-refractivity contribution in [2.45, 2.75) is 20.5 Å². The van der Waals surface area contributed by atoms with E-state index in [0.717, 1.165) is 11.4 Å². The number of aryl methyl sites for hydroxylation is 2. The Morgan fingerprint density at radius 3 is 2.57 bits per heavy atom. The molecule has 3 heterocycles. The molecule has 0 N–H and O–H groups in total. The summed E-state index contributed by atoms with van der Waals surface area (Å²) in [5.41, 5.74) is 3.82. The topological polar surface area (TPSA) is 86.5 Å². The molecule has 0 fully saturated rings. The Morgan fingerprint density at radius 1 is 1.04 bits per heavy atom. The standard InChI is InChI=1S/C20H15ClN4O3/c1-11-12(2)23-17-7-13(3-5-16(17)22-11)20(27)28-10-15-8-19(26)25-9-14(21)4-6-18(25)24-15/h3-9H,10H2,1-2H3. The Bertz CT molecular complexity index is 1300. The van der Waals surface area contributed by atoms with Crippen molar-refractivity contribution in [2.75, 3.05) is 0 Å². The van der Waals surface area contributed by atoms with Crippen LogP contribution in [-0.2, 0) is 11.3 Å². The van der Waals surface area contributed by atoms with Crippen molar-refractivity contribution >= 4 is 34.3 Å². The van der Waals surface area contributed by atoms with E-state index >= 15 is 0 Å². The Morgan fingerprint density at radius 2 is 1.79 bits per heavy atom. The van der Waals surface area contributed by atoms with Crippen molar-refractivity contribution in [3.63, 3.8) is 0 Å². The molecule has 4 rings (SSSR count). The maximum Gasteiger partial charge on any atom is 0.338 e. The van der Waals surface area contributed by atoms with Gasteiger partial charge in [-0.25, -0.2) is 19.7 Å². The van der Waals surface area contributed by atoms with Crippen LogP contribution < -0.4 is 5.56 Å². The number of aromatic nitrogens is 4. The largest absolute Gasteiger partial charge is 0.456 e. The summed E-state index contributed by atoms with van der Waals surface area (Å²) in [6.07, 6.45) is 1.49. The summed E-state index contributed by atoms with van der Waals surface area (Å²) < 4.78 is 6.65. The molecular formula is C20H15ClN4O3. The highest BCUT2D eigenvalue weighted by Gasteiger charge is 2.12. The monoisotopic (exact) mass is 394 g/mol. The lowest BCUT2D eigenvalue weighted by Crippen LogP contribution is -2.16. The van der Waals surface area contributed by atoms with E-state index in [1.165, 1.54) is 16.7 Å². The van der Waals surface area contributed by atoms with E-state index in [-0.39, 0.29) is 12.2 Å². The predicted molar refractivity (Wildman–Crippen MR) is 105 cm³/mol. The molecule has 28 heavy (non-hydrogen) atoms. The Balaban J connectivity index is 1.56. The smallest absolute Gasteiger partial charge is 0.338 e. The average Bonchev–Trinajstić information content (AvgIpc) is 2.67. The second kappa shape index (κ2) is 7.01. The Kier molecular flexibility index (Phi) is 4.52. The van der Waals surface area contributed by atoms with E-state index in [1.807, 2.05) is 13.8 Å². The maximum absolute atomic E-state index is 12.4. The number of carbonyl (C=O) groups excluding carboxylic acids is 1. The zero-order valence-corrected chi connectivity index (χ0v) is 15.9. The van der Waals surface area contributed by atoms with Crippen LogP contribution in [0.1, 0.15) is 27.4 Å². The van der Waals surface area contributed by atoms with E-state index < -0.39 is 5.97 Å². The summed E-state index contributed by atoms with van der Waals surface area (Å²) in [6.45, 7) is 3.63. The summed E-state index contributed by atoms with van der Waals surface area (Å²) in [7, 11) is 0. The van der Waals surface area contributed by atoms with E-state index in [4.69, 9.17) is 16.3 Å². The molecule has 1 aromatic carbocycles. The minimum absolute atomic E-state index is 0.121. The van der Waals surface area contributed by atoms with Gasteiger partial charge in [0.05, 0.1) is 38.7 Å². The quantitative estimate of drug-likeness (QED) is 0.496. The van der Waals surface area contributed by atoms with Crippen molar-refractivity contribution < 1.29 is 9.53 Å². The number of rotatable bonds is 3. The number of ether oxygens (including phenoxy) is 1. The van der Waals surface area contributed by atoms with Crippen LogP contribution in [-0.4, -0.2) is 25.3 Å². The van der Waals surface area contributed by atoms with E-state index in [0.29, 0.717) is 33.0 Å². The van der Waals surface area contributed by atoms with E-state index in [2.05, 4.69) is 15.0 Å². The van der Waals surface area contributed by atoms with Crippen LogP contribution in [0.4, 0.5) is 0 Å². The van der Waals surface area contributed by atoms with Crippen LogP contribution in [0, 0.1) is 13.8 Å². The lowest BCUT2D eigenvalue weighted by atomic mass is 10.2. The fourth-order valence-corrected chi connectivity index (χ4v) is 2.94. The van der Waals surface area contributed by atoms with Crippen LogP contribution in [0.3, 0.4) is 0 Å². The lowest BCUT2D eigenvalue weighted by Gasteiger charge is -2.07. The first-order valence-corrected chi connectivity index (χ1v) is 8.88. The molecule has 0 saturated heterocycles. The van der Waals surface area contributed by atoms with E-state index in [1.54, 1.807) is 30.3 Å². The molecule has 0 aliphatic carbocycles. The molecule has 0 aliphatic rings. The van der Waals surface area contributed by atoms with Crippen molar-refractivity contribution in [3.8, 4) is 0 Å². The van der Waals surface area contributed by atoms with Crippen LogP contribution >= 0.6 is 11.6 Å². The second-order valence-corrected chi connectivity index (χ2v) is 6.77. The van der Waals surface area contributed by atoms with Gasteiger partial charge in [0.1, 0.15) is 12.3 Å². The highest BCUT2D eigenvalue weighted by atomic mass is 35.5. The molecule has 0 bridgehead atoms. The van der Waals surface area contributed by atoms with E-state index in [9.17, 15) is 9.59 Å². The third-order valence-electron chi connectivity index (χ3n) is 4.34. The number of pyridine rings is 1. The number of hydrogen-bond acceptors (Lipinski definition) is 6. The first-order chi connectivity index (χ1) is 13.4. The molecule has 4 aromatic rings. The van der Waals surface area contributed by atoms with Crippen LogP contribution in [0.25, 0.3) is 16.7 Å². The number of benzene rings is 1. The predicted octanol–water partition coefficient (Wildman–Crippen LogP) is 3.26. The van der Waals surface area contributed by atoms with Gasteiger partial charge in [-0.3, -0.25) is 9.20 Å². The van der Waals surface area contributed by atoms with Crippen molar-refractivity contribution in [3.05, 3.63) is 80.6 Å². The van der Waals surface area contributed by atoms with Crippen molar-refractivity contribution in [1.82, 2.24) is 19.4 Å². The van der Waals surface area contributed by atoms with Crippen LogP contribution in [0.2, 0.25) is 5.02 Å². The lowest BCUT2D eigenvalue weighted by molar-refractivity contribution is 0.0468. The molecule has 0 saturated carbocycles. The summed E-state index contributed by atoms with van der Waals surface area (Å²) in [5.74, 6) is -0.528. The third kappa shape index (κ3) is 3.44. The Labute approximate surface area is 164 Å². The first-order valence-electron chi connectivity index (χ1n) is 8.51. The molecule has 3 aromatic heterocycles. The average molecular weight is 395 g/mol. The van der Waals surface area contributed by atoms with Gasteiger partial charge in [0.15, 0.2) is 0 Å². The maximum atomic E-state index is 12.4. The number of carbonyl (C=O) groups is 1. The highest BCUT2D eigenvalue weighted by molar-refractivity contribution is 6.30. The molecule has 0 radical (unpaired) electrons. The summed E-state index contributed by atoms with van der Waals surface area (Å²) in [6, 6.07) is 9.59. The minimum Gasteiger partial charge on any atom is -0.456 e. The Hall–Kier alpha value is -3.32. The van der Waals surface area contributed by atoms with Gasteiger partial charge in [0, 0.05) is 12.3 Å². The zero-order chi connectivity index (χ0) is 19.8.